The van der Waals surface area contributed by atoms with Gasteiger partial charge in [0.15, 0.2) is 6.10 Å². The first-order valence-electron chi connectivity index (χ1n) is 26.1. The number of rotatable bonds is 44. The van der Waals surface area contributed by atoms with Crippen LogP contribution in [0.4, 0.5) is 0 Å². The van der Waals surface area contributed by atoms with Crippen LogP contribution < -0.4 is 0 Å². The molecule has 1 aliphatic carbocycles. The molecule has 1 rings (SSSR count). The molecule has 0 amide bonds. The van der Waals surface area contributed by atoms with E-state index in [9.17, 15) is 44.6 Å². The van der Waals surface area contributed by atoms with Crippen LogP contribution in [0.5, 0.6) is 0 Å². The molecule has 0 radical (unpaired) electrons. The number of hydrogen-bond donors (Lipinski definition) is 6. The van der Waals surface area contributed by atoms with E-state index >= 15 is 0 Å². The molecule has 8 atom stereocenters. The summed E-state index contributed by atoms with van der Waals surface area (Å²) in [6.45, 7) is 3.31. The van der Waals surface area contributed by atoms with Crippen LogP contribution in [0.3, 0.4) is 0 Å². The lowest BCUT2D eigenvalue weighted by molar-refractivity contribution is -0.220. The number of phosphoric ester groups is 1. The van der Waals surface area contributed by atoms with Crippen LogP contribution in [0, 0.1) is 0 Å². The number of allylic oxidation sites excluding steroid dienone is 4. The number of esters is 2. The fraction of sp³-hybridized carbons (Fsp3) is 0.882. The van der Waals surface area contributed by atoms with Gasteiger partial charge in [0, 0.05) is 12.8 Å². The number of hydrogen-bond acceptors (Lipinski definition) is 12. The predicted molar refractivity (Wildman–Crippen MR) is 258 cm³/mol. The standard InChI is InChI=1S/C51H95O13P/c1-3-5-7-9-11-13-15-17-19-20-21-22-23-24-26-28-30-32-34-36-38-40-45(53)63-43(42-62-65(59,60)64-51-49(57)47(55)46(54)48(56)50(51)58)41-61-44(52)39-37-35-33-31-29-27-25-18-16-14-12-10-8-6-4-2/h14,16-17,19,43,46-51,54-58H,3-13,15,18,20-42H2,1-2H3,(H,59,60)/b16-14+,19-17+/t43-,46?,47-,48?,49?,50?,51?/m1/s1. The fourth-order valence-corrected chi connectivity index (χ4v) is 9.02. The van der Waals surface area contributed by atoms with Gasteiger partial charge in [-0.05, 0) is 64.2 Å². The molecule has 0 spiro atoms. The second kappa shape index (κ2) is 41.3. The largest absolute Gasteiger partial charge is 0.472 e. The zero-order valence-electron chi connectivity index (χ0n) is 40.8. The third kappa shape index (κ3) is 33.5. The number of carbonyl (C=O) groups excluding carboxylic acids is 2. The number of aliphatic hydroxyl groups is 5. The van der Waals surface area contributed by atoms with Gasteiger partial charge in [-0.25, -0.2) is 4.57 Å². The first kappa shape index (κ1) is 61.3. The Hall–Kier alpha value is -1.67. The van der Waals surface area contributed by atoms with Gasteiger partial charge in [-0.3, -0.25) is 18.6 Å². The van der Waals surface area contributed by atoms with Crippen molar-refractivity contribution in [2.75, 3.05) is 13.2 Å². The van der Waals surface area contributed by atoms with Gasteiger partial charge in [-0.1, -0.05) is 179 Å². The smallest absolute Gasteiger partial charge is 0.462 e. The highest BCUT2D eigenvalue weighted by Crippen LogP contribution is 2.47. The molecule has 0 aromatic heterocycles. The van der Waals surface area contributed by atoms with E-state index < -0.39 is 75.7 Å². The van der Waals surface area contributed by atoms with Crippen molar-refractivity contribution >= 4 is 19.8 Å². The number of phosphoric acid groups is 1. The maximum absolute atomic E-state index is 12.8. The highest BCUT2D eigenvalue weighted by atomic mass is 31.2. The average Bonchev–Trinajstić information content (AvgIpc) is 3.29. The highest BCUT2D eigenvalue weighted by Gasteiger charge is 2.51. The van der Waals surface area contributed by atoms with E-state index in [-0.39, 0.29) is 12.8 Å². The third-order valence-electron chi connectivity index (χ3n) is 12.3. The van der Waals surface area contributed by atoms with Crippen molar-refractivity contribution in [2.45, 2.75) is 275 Å². The van der Waals surface area contributed by atoms with Gasteiger partial charge in [0.25, 0.3) is 0 Å². The predicted octanol–water partition coefficient (Wildman–Crippen LogP) is 11.2. The average molecular weight is 947 g/mol. The summed E-state index contributed by atoms with van der Waals surface area (Å²) in [6, 6.07) is 0. The van der Waals surface area contributed by atoms with Crippen LogP contribution in [0.2, 0.25) is 0 Å². The summed E-state index contributed by atoms with van der Waals surface area (Å²) in [5.41, 5.74) is 0. The Morgan fingerprint density at radius 2 is 0.785 bits per heavy atom. The number of ether oxygens (including phenoxy) is 2. The lowest BCUT2D eigenvalue weighted by atomic mass is 9.85. The summed E-state index contributed by atoms with van der Waals surface area (Å²) in [5.74, 6) is -1.10. The molecule has 6 unspecified atom stereocenters. The second-order valence-electron chi connectivity index (χ2n) is 18.4. The van der Waals surface area contributed by atoms with Crippen LogP contribution in [0.15, 0.2) is 24.3 Å². The summed E-state index contributed by atoms with van der Waals surface area (Å²) >= 11 is 0. The maximum atomic E-state index is 12.8. The Morgan fingerprint density at radius 1 is 0.462 bits per heavy atom. The van der Waals surface area contributed by atoms with E-state index in [1.807, 2.05) is 0 Å². The normalized spacial score (nSPS) is 21.5. The lowest BCUT2D eigenvalue weighted by Crippen LogP contribution is -2.64. The second-order valence-corrected chi connectivity index (χ2v) is 19.8. The van der Waals surface area contributed by atoms with Crippen molar-refractivity contribution in [3.63, 3.8) is 0 Å². The van der Waals surface area contributed by atoms with Crippen LogP contribution in [0.1, 0.15) is 232 Å². The van der Waals surface area contributed by atoms with Gasteiger partial charge >= 0.3 is 19.8 Å². The van der Waals surface area contributed by atoms with Crippen molar-refractivity contribution in [1.82, 2.24) is 0 Å². The molecular weight excluding hydrogens is 852 g/mol. The lowest BCUT2D eigenvalue weighted by Gasteiger charge is -2.41. The maximum Gasteiger partial charge on any atom is 0.472 e. The molecule has 0 saturated heterocycles. The SMILES string of the molecule is CCCCCC/C=C/CCCCCCCCCC(=O)OC[C@H](COP(=O)(O)OC1C(O)C(O)C(O)[C@@H](O)C1O)OC(=O)CCCCCCCCCCCCC/C=C/CCCCCCCC. The Balaban J connectivity index is 2.38. The van der Waals surface area contributed by atoms with Crippen molar-refractivity contribution in [3.8, 4) is 0 Å². The number of carbonyl (C=O) groups is 2. The van der Waals surface area contributed by atoms with Crippen molar-refractivity contribution in [1.29, 1.82) is 0 Å². The highest BCUT2D eigenvalue weighted by molar-refractivity contribution is 7.47. The molecule has 1 aliphatic rings. The molecule has 13 nitrogen and oxygen atoms in total. The fourth-order valence-electron chi connectivity index (χ4n) is 8.04. The Kier molecular flexibility index (Phi) is 39.0. The minimum atomic E-state index is -5.12. The monoisotopic (exact) mass is 947 g/mol. The molecular formula is C51H95O13P. The van der Waals surface area contributed by atoms with Crippen LogP contribution in [0.25, 0.3) is 0 Å². The molecule has 0 aromatic carbocycles. The van der Waals surface area contributed by atoms with Crippen molar-refractivity contribution < 1.29 is 63.1 Å². The van der Waals surface area contributed by atoms with Crippen molar-refractivity contribution in [2.24, 2.45) is 0 Å². The van der Waals surface area contributed by atoms with E-state index in [1.54, 1.807) is 0 Å². The van der Waals surface area contributed by atoms with E-state index in [2.05, 4.69) is 38.2 Å². The minimum absolute atomic E-state index is 0.0976. The quantitative estimate of drug-likeness (QED) is 0.0146. The first-order valence-corrected chi connectivity index (χ1v) is 27.6. The van der Waals surface area contributed by atoms with Gasteiger partial charge in [-0.2, -0.15) is 0 Å². The molecule has 1 saturated carbocycles. The summed E-state index contributed by atoms with van der Waals surface area (Å²) in [6.07, 6.45) is 33.6. The molecule has 0 heterocycles. The number of aliphatic hydroxyl groups excluding tert-OH is 5. The Labute approximate surface area is 394 Å². The molecule has 14 heteroatoms. The molecule has 382 valence electrons. The Morgan fingerprint density at radius 3 is 1.18 bits per heavy atom. The summed E-state index contributed by atoms with van der Waals surface area (Å²) in [4.78, 5) is 35.8. The van der Waals surface area contributed by atoms with Gasteiger partial charge in [-0.15, -0.1) is 0 Å². The van der Waals surface area contributed by atoms with Crippen LogP contribution in [-0.2, 0) is 32.7 Å². The topological polar surface area (TPSA) is 210 Å². The molecule has 0 aliphatic heterocycles. The molecule has 1 fully saturated rings. The van der Waals surface area contributed by atoms with E-state index in [1.165, 1.54) is 135 Å². The first-order chi connectivity index (χ1) is 31.4. The van der Waals surface area contributed by atoms with E-state index in [0.29, 0.717) is 12.8 Å². The molecule has 0 aromatic rings. The Bertz CT molecular complexity index is 1230. The summed E-state index contributed by atoms with van der Waals surface area (Å²) < 4.78 is 33.6. The van der Waals surface area contributed by atoms with Gasteiger partial charge in [0.05, 0.1) is 6.61 Å². The number of unbranched alkanes of at least 4 members (excludes halogenated alkanes) is 28. The van der Waals surface area contributed by atoms with Crippen LogP contribution in [-0.4, -0.2) is 98.3 Å². The summed E-state index contributed by atoms with van der Waals surface area (Å²) in [5, 5.41) is 50.3. The van der Waals surface area contributed by atoms with E-state index in [0.717, 1.165) is 57.8 Å². The third-order valence-corrected chi connectivity index (χ3v) is 13.3. The van der Waals surface area contributed by atoms with Crippen LogP contribution >= 0.6 is 7.82 Å². The molecule has 65 heavy (non-hydrogen) atoms. The zero-order valence-corrected chi connectivity index (χ0v) is 41.7. The zero-order chi connectivity index (χ0) is 47.8. The van der Waals surface area contributed by atoms with Gasteiger partial charge in [0.2, 0.25) is 0 Å². The molecule has 0 bridgehead atoms. The van der Waals surface area contributed by atoms with Crippen molar-refractivity contribution in [3.05, 3.63) is 24.3 Å². The van der Waals surface area contributed by atoms with Gasteiger partial charge in [0.1, 0.15) is 43.2 Å². The van der Waals surface area contributed by atoms with E-state index in [4.69, 9.17) is 18.5 Å². The molecule has 6 N–H and O–H groups in total. The van der Waals surface area contributed by atoms with Gasteiger partial charge < -0.3 is 39.9 Å². The minimum Gasteiger partial charge on any atom is -0.462 e. The summed E-state index contributed by atoms with van der Waals surface area (Å²) in [7, 11) is -5.12.